The smallest absolute Gasteiger partial charge is 0.137 e. The lowest BCUT2D eigenvalue weighted by Crippen LogP contribution is -1.98. The van der Waals surface area contributed by atoms with Gasteiger partial charge in [0.05, 0.1) is 11.0 Å². The molecule has 3 rings (SSSR count). The van der Waals surface area contributed by atoms with Gasteiger partial charge in [-0.1, -0.05) is 6.92 Å². The Hall–Kier alpha value is -1.29. The minimum atomic E-state index is -0.256. The molecule has 0 aliphatic heterocycles. The quantitative estimate of drug-likeness (QED) is 0.864. The number of hydrogen-bond acceptors (Lipinski definition) is 2. The molecule has 1 aliphatic rings. The van der Waals surface area contributed by atoms with Crippen molar-refractivity contribution in [1.82, 2.24) is 0 Å². The van der Waals surface area contributed by atoms with E-state index >= 15 is 0 Å². The molecule has 2 unspecified atom stereocenters. The van der Waals surface area contributed by atoms with E-state index < -0.39 is 0 Å². The minimum absolute atomic E-state index is 0.256. The van der Waals surface area contributed by atoms with Crippen molar-refractivity contribution in [3.8, 4) is 0 Å². The van der Waals surface area contributed by atoms with Crippen LogP contribution in [-0.2, 0) is 6.54 Å². The molecule has 1 heterocycles. The molecule has 1 aromatic heterocycles. The average molecular weight is 324 g/mol. The molecule has 100 valence electrons. The molecule has 1 aromatic carbocycles. The molecular weight excluding hydrogens is 309 g/mol. The molecule has 1 aliphatic carbocycles. The summed E-state index contributed by atoms with van der Waals surface area (Å²) >= 11 is 3.17. The van der Waals surface area contributed by atoms with E-state index in [0.717, 1.165) is 23.1 Å². The molecule has 4 heteroatoms. The first kappa shape index (κ1) is 12.7. The van der Waals surface area contributed by atoms with E-state index in [0.29, 0.717) is 16.9 Å². The summed E-state index contributed by atoms with van der Waals surface area (Å²) < 4.78 is 19.4. The summed E-state index contributed by atoms with van der Waals surface area (Å²) in [6.07, 6.45) is 1.23. The topological polar surface area (TPSA) is 25.2 Å². The zero-order chi connectivity index (χ0) is 13.4. The van der Waals surface area contributed by atoms with Crippen LogP contribution in [0.15, 0.2) is 39.2 Å². The highest BCUT2D eigenvalue weighted by Crippen LogP contribution is 2.47. The van der Waals surface area contributed by atoms with Gasteiger partial charge in [0.2, 0.25) is 0 Å². The van der Waals surface area contributed by atoms with Crippen molar-refractivity contribution in [2.24, 2.45) is 5.92 Å². The fraction of sp³-hybridized carbons (Fsp3) is 0.333. The molecule has 0 bridgehead atoms. The average Bonchev–Trinajstić information content (AvgIpc) is 2.94. The molecular formula is C15H15BrFNO. The summed E-state index contributed by atoms with van der Waals surface area (Å²) in [7, 11) is 0. The van der Waals surface area contributed by atoms with E-state index in [1.807, 2.05) is 6.07 Å². The summed E-state index contributed by atoms with van der Waals surface area (Å²) in [4.78, 5) is 0. The van der Waals surface area contributed by atoms with Gasteiger partial charge in [0.1, 0.15) is 17.3 Å². The number of benzene rings is 1. The van der Waals surface area contributed by atoms with Crippen molar-refractivity contribution in [2.75, 3.05) is 5.32 Å². The first-order valence-corrected chi connectivity index (χ1v) is 7.20. The maximum absolute atomic E-state index is 13.1. The molecule has 0 spiro atoms. The monoisotopic (exact) mass is 323 g/mol. The lowest BCUT2D eigenvalue weighted by atomic mass is 10.3. The molecule has 0 amide bonds. The molecule has 2 atom stereocenters. The van der Waals surface area contributed by atoms with Gasteiger partial charge in [0.15, 0.2) is 0 Å². The molecule has 2 aromatic rings. The summed E-state index contributed by atoms with van der Waals surface area (Å²) in [5, 5.41) is 3.22. The fourth-order valence-corrected chi connectivity index (χ4v) is 2.58. The Balaban J connectivity index is 1.62. The zero-order valence-electron chi connectivity index (χ0n) is 10.6. The fourth-order valence-electron chi connectivity index (χ4n) is 2.20. The Morgan fingerprint density at radius 2 is 2.16 bits per heavy atom. The van der Waals surface area contributed by atoms with Gasteiger partial charge in [-0.2, -0.15) is 0 Å². The van der Waals surface area contributed by atoms with Gasteiger partial charge in [0, 0.05) is 11.6 Å². The third-order valence-electron chi connectivity index (χ3n) is 3.54. The number of anilines is 1. The molecule has 0 saturated heterocycles. The van der Waals surface area contributed by atoms with Crippen molar-refractivity contribution in [3.63, 3.8) is 0 Å². The van der Waals surface area contributed by atoms with Crippen LogP contribution >= 0.6 is 15.9 Å². The first-order chi connectivity index (χ1) is 9.13. The molecule has 0 radical (unpaired) electrons. The van der Waals surface area contributed by atoms with Gasteiger partial charge in [-0.15, -0.1) is 0 Å². The third kappa shape index (κ3) is 2.84. The standard InChI is InChI=1S/C15H15BrFNO/c1-9-6-12(9)15-5-3-11(19-15)8-18-10-2-4-14(17)13(16)7-10/h2-5,7,9,12,18H,6,8H2,1H3. The lowest BCUT2D eigenvalue weighted by molar-refractivity contribution is 0.468. The number of nitrogens with one attached hydrogen (secondary N) is 1. The van der Waals surface area contributed by atoms with E-state index in [9.17, 15) is 4.39 Å². The molecule has 1 N–H and O–H groups in total. The summed E-state index contributed by atoms with van der Waals surface area (Å²) in [5.41, 5.74) is 0.867. The van der Waals surface area contributed by atoms with E-state index in [4.69, 9.17) is 4.42 Å². The van der Waals surface area contributed by atoms with Crippen LogP contribution < -0.4 is 5.32 Å². The lowest BCUT2D eigenvalue weighted by Gasteiger charge is -2.05. The summed E-state index contributed by atoms with van der Waals surface area (Å²) in [6, 6.07) is 8.94. The van der Waals surface area contributed by atoms with Gasteiger partial charge in [-0.3, -0.25) is 0 Å². The van der Waals surface area contributed by atoms with Gasteiger partial charge >= 0.3 is 0 Å². The van der Waals surface area contributed by atoms with Gasteiger partial charge < -0.3 is 9.73 Å². The maximum atomic E-state index is 13.1. The SMILES string of the molecule is CC1CC1c1ccc(CNc2ccc(F)c(Br)c2)o1. The molecule has 2 nitrogen and oxygen atoms in total. The Kier molecular flexibility index (Phi) is 3.35. The zero-order valence-corrected chi connectivity index (χ0v) is 12.2. The van der Waals surface area contributed by atoms with Gasteiger partial charge in [-0.25, -0.2) is 4.39 Å². The highest BCUT2D eigenvalue weighted by molar-refractivity contribution is 9.10. The van der Waals surface area contributed by atoms with Gasteiger partial charge in [0.25, 0.3) is 0 Å². The van der Waals surface area contributed by atoms with Crippen LogP contribution in [0.5, 0.6) is 0 Å². The Morgan fingerprint density at radius 1 is 1.37 bits per heavy atom. The number of hydrogen-bond donors (Lipinski definition) is 1. The van der Waals surface area contributed by atoms with Crippen LogP contribution in [0.3, 0.4) is 0 Å². The van der Waals surface area contributed by atoms with Crippen LogP contribution in [0, 0.1) is 11.7 Å². The summed E-state index contributed by atoms with van der Waals surface area (Å²) in [5.74, 6) is 3.10. The predicted octanol–water partition coefficient (Wildman–Crippen LogP) is 4.92. The predicted molar refractivity (Wildman–Crippen MR) is 76.7 cm³/mol. The molecule has 1 saturated carbocycles. The van der Waals surface area contributed by atoms with Crippen LogP contribution in [0.25, 0.3) is 0 Å². The third-order valence-corrected chi connectivity index (χ3v) is 4.15. The molecule has 1 fully saturated rings. The number of furan rings is 1. The van der Waals surface area contributed by atoms with Crippen molar-refractivity contribution in [2.45, 2.75) is 25.8 Å². The van der Waals surface area contributed by atoms with E-state index in [1.165, 1.54) is 12.5 Å². The molecule has 19 heavy (non-hydrogen) atoms. The second-order valence-electron chi connectivity index (χ2n) is 5.11. The van der Waals surface area contributed by atoms with Crippen LogP contribution in [0.4, 0.5) is 10.1 Å². The largest absolute Gasteiger partial charge is 0.464 e. The van der Waals surface area contributed by atoms with Crippen molar-refractivity contribution >= 4 is 21.6 Å². The Labute approximate surface area is 120 Å². The number of halogens is 2. The second-order valence-corrected chi connectivity index (χ2v) is 5.96. The van der Waals surface area contributed by atoms with Crippen molar-refractivity contribution in [1.29, 1.82) is 0 Å². The normalized spacial score (nSPS) is 21.4. The van der Waals surface area contributed by atoms with E-state index in [2.05, 4.69) is 34.2 Å². The Bertz CT molecular complexity index is 596. The van der Waals surface area contributed by atoms with E-state index in [-0.39, 0.29) is 5.82 Å². The number of rotatable bonds is 4. The highest BCUT2D eigenvalue weighted by Gasteiger charge is 2.36. The second kappa shape index (κ2) is 5.00. The minimum Gasteiger partial charge on any atom is -0.464 e. The van der Waals surface area contributed by atoms with Crippen LogP contribution in [0.1, 0.15) is 30.8 Å². The first-order valence-electron chi connectivity index (χ1n) is 6.41. The van der Waals surface area contributed by atoms with E-state index in [1.54, 1.807) is 12.1 Å². The highest BCUT2D eigenvalue weighted by atomic mass is 79.9. The maximum Gasteiger partial charge on any atom is 0.137 e. The van der Waals surface area contributed by atoms with Crippen LogP contribution in [0.2, 0.25) is 0 Å². The Morgan fingerprint density at radius 3 is 2.84 bits per heavy atom. The summed E-state index contributed by atoms with van der Waals surface area (Å²) in [6.45, 7) is 2.85. The van der Waals surface area contributed by atoms with Gasteiger partial charge in [-0.05, 0) is 58.6 Å². The van der Waals surface area contributed by atoms with Crippen LogP contribution in [-0.4, -0.2) is 0 Å². The van der Waals surface area contributed by atoms with Crippen molar-refractivity contribution in [3.05, 3.63) is 52.1 Å². The van der Waals surface area contributed by atoms with Crippen molar-refractivity contribution < 1.29 is 8.81 Å².